The van der Waals surface area contributed by atoms with Crippen LogP contribution in [0.15, 0.2) is 42.6 Å². The van der Waals surface area contributed by atoms with Gasteiger partial charge < -0.3 is 14.7 Å². The lowest BCUT2D eigenvalue weighted by Gasteiger charge is -2.21. The molecule has 0 saturated heterocycles. The van der Waals surface area contributed by atoms with Crippen molar-refractivity contribution in [3.05, 3.63) is 53.9 Å². The molecule has 1 aromatic heterocycles. The van der Waals surface area contributed by atoms with E-state index in [4.69, 9.17) is 4.74 Å². The number of rotatable bonds is 6. The fourth-order valence-corrected chi connectivity index (χ4v) is 2.08. The second kappa shape index (κ2) is 6.74. The van der Waals surface area contributed by atoms with Gasteiger partial charge in [-0.1, -0.05) is 6.07 Å². The summed E-state index contributed by atoms with van der Waals surface area (Å²) >= 11 is 0. The molecule has 0 aliphatic carbocycles. The van der Waals surface area contributed by atoms with Crippen LogP contribution in [0.1, 0.15) is 16.1 Å². The number of likely N-dealkylation sites (N-methyl/N-ethyl adjacent to an activating group) is 1. The maximum absolute atomic E-state index is 11.3. The normalized spacial score (nSPS) is 10.2. The van der Waals surface area contributed by atoms with Crippen molar-refractivity contribution in [3.8, 4) is 5.75 Å². The summed E-state index contributed by atoms with van der Waals surface area (Å²) in [7, 11) is 3.43. The first-order valence-corrected chi connectivity index (χ1v) is 6.64. The summed E-state index contributed by atoms with van der Waals surface area (Å²) in [6.45, 7) is 0.671. The van der Waals surface area contributed by atoms with E-state index in [1.54, 1.807) is 31.5 Å². The molecule has 0 unspecified atom stereocenters. The second-order valence-electron chi connectivity index (χ2n) is 4.68. The maximum atomic E-state index is 11.3. The topological polar surface area (TPSA) is 62.7 Å². The van der Waals surface area contributed by atoms with Gasteiger partial charge in [-0.25, -0.2) is 4.79 Å². The quantitative estimate of drug-likeness (QED) is 0.884. The number of hydrogen-bond donors (Lipinski definition) is 1. The lowest BCUT2D eigenvalue weighted by molar-refractivity contribution is 0.0697. The Kier molecular flexibility index (Phi) is 4.77. The van der Waals surface area contributed by atoms with Gasteiger partial charge in [0.05, 0.1) is 18.4 Å². The van der Waals surface area contributed by atoms with Crippen LogP contribution in [-0.4, -0.2) is 36.8 Å². The van der Waals surface area contributed by atoms with E-state index in [2.05, 4.69) is 4.98 Å². The molecule has 1 heterocycles. The van der Waals surface area contributed by atoms with Crippen LogP contribution in [0.2, 0.25) is 0 Å². The number of carbonyl (C=O) groups is 1. The van der Waals surface area contributed by atoms with Crippen LogP contribution in [0.5, 0.6) is 5.75 Å². The molecule has 21 heavy (non-hydrogen) atoms. The van der Waals surface area contributed by atoms with Crippen molar-refractivity contribution >= 4 is 11.7 Å². The fraction of sp³-hybridized carbons (Fsp3) is 0.250. The highest BCUT2D eigenvalue weighted by Gasteiger charge is 2.14. The molecule has 0 aliphatic heterocycles. The number of ether oxygens (including phenoxy) is 1. The Morgan fingerprint density at radius 3 is 2.76 bits per heavy atom. The van der Waals surface area contributed by atoms with Crippen molar-refractivity contribution in [2.75, 3.05) is 25.6 Å². The molecule has 2 rings (SSSR count). The average molecular weight is 286 g/mol. The van der Waals surface area contributed by atoms with Gasteiger partial charge in [0.2, 0.25) is 0 Å². The molecule has 5 heteroatoms. The molecule has 0 aliphatic rings. The van der Waals surface area contributed by atoms with Crippen molar-refractivity contribution in [3.63, 3.8) is 0 Å². The number of aromatic carboxylic acids is 1. The van der Waals surface area contributed by atoms with Gasteiger partial charge in [-0.3, -0.25) is 4.98 Å². The number of nitrogens with zero attached hydrogens (tertiary/aromatic N) is 2. The van der Waals surface area contributed by atoms with Gasteiger partial charge in [-0.2, -0.15) is 0 Å². The molecule has 110 valence electrons. The third-order valence-electron chi connectivity index (χ3n) is 3.28. The first-order valence-electron chi connectivity index (χ1n) is 6.64. The summed E-state index contributed by atoms with van der Waals surface area (Å²) in [6.07, 6.45) is 2.50. The van der Waals surface area contributed by atoms with Crippen LogP contribution in [0.3, 0.4) is 0 Å². The monoisotopic (exact) mass is 286 g/mol. The van der Waals surface area contributed by atoms with Crippen molar-refractivity contribution < 1.29 is 14.6 Å². The Bertz CT molecular complexity index is 614. The molecule has 0 spiro atoms. The molecule has 0 atom stereocenters. The number of hydrogen-bond acceptors (Lipinski definition) is 4. The van der Waals surface area contributed by atoms with Gasteiger partial charge >= 0.3 is 5.97 Å². The van der Waals surface area contributed by atoms with E-state index in [0.717, 1.165) is 12.1 Å². The summed E-state index contributed by atoms with van der Waals surface area (Å²) < 4.78 is 5.17. The molecule has 5 nitrogen and oxygen atoms in total. The summed E-state index contributed by atoms with van der Waals surface area (Å²) in [5.74, 6) is -0.308. The smallest absolute Gasteiger partial charge is 0.337 e. The first-order chi connectivity index (χ1) is 10.1. The molecule has 1 aromatic carbocycles. The highest BCUT2D eigenvalue weighted by molar-refractivity contribution is 5.94. The van der Waals surface area contributed by atoms with Crippen molar-refractivity contribution in [1.29, 1.82) is 0 Å². The number of carboxylic acids is 1. The third kappa shape index (κ3) is 3.72. The average Bonchev–Trinajstić information content (AvgIpc) is 2.52. The lowest BCUT2D eigenvalue weighted by atomic mass is 10.1. The number of aromatic nitrogens is 1. The Hall–Kier alpha value is -2.56. The van der Waals surface area contributed by atoms with Crippen molar-refractivity contribution in [2.45, 2.75) is 6.42 Å². The Labute approximate surface area is 123 Å². The molecule has 0 fully saturated rings. The number of carboxylic acid groups (broad SMARTS) is 1. The van der Waals surface area contributed by atoms with Crippen LogP contribution >= 0.6 is 0 Å². The molecule has 2 aromatic rings. The van der Waals surface area contributed by atoms with Gasteiger partial charge in [-0.15, -0.1) is 0 Å². The predicted molar refractivity (Wildman–Crippen MR) is 81.2 cm³/mol. The van der Waals surface area contributed by atoms with E-state index < -0.39 is 5.97 Å². The van der Waals surface area contributed by atoms with E-state index >= 15 is 0 Å². The van der Waals surface area contributed by atoms with Gasteiger partial charge in [0.15, 0.2) is 0 Å². The molecule has 0 radical (unpaired) electrons. The highest BCUT2D eigenvalue weighted by Crippen LogP contribution is 2.25. The van der Waals surface area contributed by atoms with Crippen LogP contribution < -0.4 is 9.64 Å². The zero-order valence-electron chi connectivity index (χ0n) is 12.1. The van der Waals surface area contributed by atoms with Crippen molar-refractivity contribution in [2.24, 2.45) is 0 Å². The SMILES string of the molecule is COc1ccc(C(=O)O)c(N(C)CCc2ccccn2)c1. The number of benzene rings is 1. The maximum Gasteiger partial charge on any atom is 0.337 e. The van der Waals surface area contributed by atoms with Crippen LogP contribution in [0, 0.1) is 0 Å². The minimum Gasteiger partial charge on any atom is -0.497 e. The molecule has 0 bridgehead atoms. The molecular weight excluding hydrogens is 268 g/mol. The standard InChI is InChI=1S/C16H18N2O3/c1-18(10-8-12-5-3-4-9-17-12)15-11-13(21-2)6-7-14(15)16(19)20/h3-7,9,11H,8,10H2,1-2H3,(H,19,20). The summed E-state index contributed by atoms with van der Waals surface area (Å²) in [5, 5.41) is 9.28. The third-order valence-corrected chi connectivity index (χ3v) is 3.28. The van der Waals surface area contributed by atoms with Crippen molar-refractivity contribution in [1.82, 2.24) is 4.98 Å². The second-order valence-corrected chi connectivity index (χ2v) is 4.68. The largest absolute Gasteiger partial charge is 0.497 e. The zero-order valence-corrected chi connectivity index (χ0v) is 12.1. The van der Waals surface area contributed by atoms with E-state index in [-0.39, 0.29) is 5.56 Å². The molecule has 1 N–H and O–H groups in total. The summed E-state index contributed by atoms with van der Waals surface area (Å²) in [5.41, 5.74) is 1.88. The van der Waals surface area contributed by atoms with Gasteiger partial charge in [-0.05, 0) is 24.3 Å². The predicted octanol–water partition coefficient (Wildman–Crippen LogP) is 2.47. The minimum atomic E-state index is -0.947. The molecular formula is C16H18N2O3. The molecule has 0 amide bonds. The van der Waals surface area contributed by atoms with E-state index in [1.165, 1.54) is 0 Å². The van der Waals surface area contributed by atoms with Crippen LogP contribution in [0.25, 0.3) is 0 Å². The van der Waals surface area contributed by atoms with Gasteiger partial charge in [0, 0.05) is 38.0 Å². The number of anilines is 1. The van der Waals surface area contributed by atoms with E-state index in [9.17, 15) is 9.90 Å². The Morgan fingerprint density at radius 1 is 1.33 bits per heavy atom. The molecule has 0 saturated carbocycles. The highest BCUT2D eigenvalue weighted by atomic mass is 16.5. The van der Waals surface area contributed by atoms with Gasteiger partial charge in [0.1, 0.15) is 5.75 Å². The summed E-state index contributed by atoms with van der Waals surface area (Å²) in [6, 6.07) is 10.7. The van der Waals surface area contributed by atoms with E-state index in [1.807, 2.05) is 30.1 Å². The Morgan fingerprint density at radius 2 is 2.14 bits per heavy atom. The number of pyridine rings is 1. The van der Waals surface area contributed by atoms with Crippen LogP contribution in [0.4, 0.5) is 5.69 Å². The fourth-order valence-electron chi connectivity index (χ4n) is 2.08. The minimum absolute atomic E-state index is 0.263. The van der Waals surface area contributed by atoms with E-state index in [0.29, 0.717) is 18.0 Å². The number of methoxy groups -OCH3 is 1. The Balaban J connectivity index is 2.17. The van der Waals surface area contributed by atoms with Gasteiger partial charge in [0.25, 0.3) is 0 Å². The lowest BCUT2D eigenvalue weighted by Crippen LogP contribution is -2.23. The van der Waals surface area contributed by atoms with Crippen LogP contribution in [-0.2, 0) is 6.42 Å². The first kappa shape index (κ1) is 14.8. The zero-order chi connectivity index (χ0) is 15.2. The summed E-state index contributed by atoms with van der Waals surface area (Å²) in [4.78, 5) is 17.5.